The van der Waals surface area contributed by atoms with Crippen molar-refractivity contribution in [3.8, 4) is 5.75 Å². The summed E-state index contributed by atoms with van der Waals surface area (Å²) in [6.45, 7) is 4.62. The molecule has 0 fully saturated rings. The smallest absolute Gasteiger partial charge is 0.191 e. The van der Waals surface area contributed by atoms with E-state index in [1.807, 2.05) is 18.2 Å². The fraction of sp³-hybridized carbons (Fsp3) is 0.400. The summed E-state index contributed by atoms with van der Waals surface area (Å²) in [6.07, 6.45) is 3.01. The summed E-state index contributed by atoms with van der Waals surface area (Å²) in [4.78, 5) is 9.86. The van der Waals surface area contributed by atoms with Crippen LogP contribution in [0.25, 0.3) is 10.9 Å². The fourth-order valence-corrected chi connectivity index (χ4v) is 3.48. The molecular formula is C25H35N5O2. The second-order valence-electron chi connectivity index (χ2n) is 7.75. The molecule has 0 aliphatic rings. The molecule has 0 saturated heterocycles. The second kappa shape index (κ2) is 12.7. The molecule has 0 spiro atoms. The maximum atomic E-state index is 5.91. The van der Waals surface area contributed by atoms with Crippen LogP contribution in [0.3, 0.4) is 0 Å². The minimum atomic E-state index is 0.647. The number of ether oxygens (including phenoxy) is 2. The minimum Gasteiger partial charge on any atom is -0.492 e. The number of hydrogen-bond donors (Lipinski definition) is 3. The number of aromatic amines is 1. The van der Waals surface area contributed by atoms with Crippen LogP contribution in [-0.4, -0.2) is 69.9 Å². The zero-order valence-corrected chi connectivity index (χ0v) is 19.4. The standard InChI is InChI=1S/C25H35N5O2/c1-26-25(27-12-11-21-19-28-24-10-5-4-9-23(21)24)29-18-20-7-6-8-22(17-20)32-16-14-30(2)13-15-31-3/h4-10,17,19,28H,11-16,18H2,1-3H3,(H2,26,27,29). The van der Waals surface area contributed by atoms with Crippen LogP contribution in [0.1, 0.15) is 11.1 Å². The van der Waals surface area contributed by atoms with E-state index in [2.05, 4.69) is 69.1 Å². The molecule has 0 radical (unpaired) electrons. The highest BCUT2D eigenvalue weighted by Gasteiger charge is 2.05. The highest BCUT2D eigenvalue weighted by molar-refractivity contribution is 5.83. The molecule has 0 amide bonds. The molecule has 3 rings (SSSR count). The van der Waals surface area contributed by atoms with E-state index in [9.17, 15) is 0 Å². The number of fused-ring (bicyclic) bond motifs is 1. The van der Waals surface area contributed by atoms with Gasteiger partial charge < -0.3 is 30.0 Å². The Bertz CT molecular complexity index is 985. The van der Waals surface area contributed by atoms with E-state index in [1.165, 1.54) is 16.5 Å². The Morgan fingerprint density at radius 2 is 1.91 bits per heavy atom. The number of guanidine groups is 1. The van der Waals surface area contributed by atoms with Gasteiger partial charge in [0.15, 0.2) is 5.96 Å². The summed E-state index contributed by atoms with van der Waals surface area (Å²) < 4.78 is 11.0. The van der Waals surface area contributed by atoms with Gasteiger partial charge in [-0.3, -0.25) is 4.99 Å². The van der Waals surface area contributed by atoms with E-state index in [1.54, 1.807) is 14.2 Å². The van der Waals surface area contributed by atoms with E-state index in [0.717, 1.165) is 49.9 Å². The van der Waals surface area contributed by atoms with Gasteiger partial charge >= 0.3 is 0 Å². The Balaban J connectivity index is 1.41. The van der Waals surface area contributed by atoms with Gasteiger partial charge in [0.1, 0.15) is 12.4 Å². The molecule has 1 aromatic heterocycles. The van der Waals surface area contributed by atoms with Crippen molar-refractivity contribution in [2.75, 3.05) is 54.1 Å². The van der Waals surface area contributed by atoms with Crippen molar-refractivity contribution in [2.45, 2.75) is 13.0 Å². The number of hydrogen-bond acceptors (Lipinski definition) is 4. The Kier molecular flexibility index (Phi) is 9.40. The molecule has 7 heteroatoms. The maximum absolute atomic E-state index is 5.91. The van der Waals surface area contributed by atoms with E-state index in [-0.39, 0.29) is 0 Å². The van der Waals surface area contributed by atoms with Crippen LogP contribution in [0.4, 0.5) is 0 Å². The van der Waals surface area contributed by atoms with Crippen molar-refractivity contribution in [3.63, 3.8) is 0 Å². The van der Waals surface area contributed by atoms with Crippen LogP contribution in [-0.2, 0) is 17.7 Å². The number of benzene rings is 2. The van der Waals surface area contributed by atoms with Crippen molar-refractivity contribution >= 4 is 16.9 Å². The van der Waals surface area contributed by atoms with Crippen molar-refractivity contribution in [1.82, 2.24) is 20.5 Å². The zero-order valence-electron chi connectivity index (χ0n) is 19.4. The summed E-state index contributed by atoms with van der Waals surface area (Å²) >= 11 is 0. The van der Waals surface area contributed by atoms with E-state index >= 15 is 0 Å². The SMILES string of the molecule is CN=C(NCCc1c[nH]c2ccccc12)NCc1cccc(OCCN(C)CCOC)c1. The molecule has 0 aliphatic heterocycles. The Morgan fingerprint density at radius 3 is 2.75 bits per heavy atom. The molecule has 7 nitrogen and oxygen atoms in total. The first-order valence-electron chi connectivity index (χ1n) is 11.1. The number of methoxy groups -OCH3 is 1. The van der Waals surface area contributed by atoms with E-state index in [0.29, 0.717) is 13.2 Å². The van der Waals surface area contributed by atoms with Crippen molar-refractivity contribution in [2.24, 2.45) is 4.99 Å². The third kappa shape index (κ3) is 7.28. The van der Waals surface area contributed by atoms with Crippen LogP contribution in [0.15, 0.2) is 59.7 Å². The molecule has 1 heterocycles. The number of likely N-dealkylation sites (N-methyl/N-ethyl adjacent to an activating group) is 1. The molecule has 2 aromatic carbocycles. The van der Waals surface area contributed by atoms with Crippen molar-refractivity contribution in [1.29, 1.82) is 0 Å². The number of rotatable bonds is 12. The number of para-hydroxylation sites is 1. The van der Waals surface area contributed by atoms with Crippen LogP contribution < -0.4 is 15.4 Å². The number of nitrogens with zero attached hydrogens (tertiary/aromatic N) is 2. The fourth-order valence-electron chi connectivity index (χ4n) is 3.48. The van der Waals surface area contributed by atoms with Gasteiger partial charge in [-0.2, -0.15) is 0 Å². The van der Waals surface area contributed by atoms with E-state index < -0.39 is 0 Å². The lowest BCUT2D eigenvalue weighted by atomic mass is 10.1. The Morgan fingerprint density at radius 1 is 1.06 bits per heavy atom. The monoisotopic (exact) mass is 437 g/mol. The topological polar surface area (TPSA) is 73.9 Å². The van der Waals surface area contributed by atoms with Gasteiger partial charge in [-0.25, -0.2) is 0 Å². The van der Waals surface area contributed by atoms with Crippen molar-refractivity contribution < 1.29 is 9.47 Å². The summed E-state index contributed by atoms with van der Waals surface area (Å²) in [7, 11) is 5.58. The van der Waals surface area contributed by atoms with Gasteiger partial charge in [0.05, 0.1) is 6.61 Å². The predicted molar refractivity (Wildman–Crippen MR) is 132 cm³/mol. The number of aromatic nitrogens is 1. The quantitative estimate of drug-likeness (QED) is 0.300. The van der Waals surface area contributed by atoms with Gasteiger partial charge in [-0.1, -0.05) is 30.3 Å². The predicted octanol–water partition coefficient (Wildman–Crippen LogP) is 3.03. The molecule has 32 heavy (non-hydrogen) atoms. The minimum absolute atomic E-state index is 0.647. The highest BCUT2D eigenvalue weighted by Crippen LogP contribution is 2.17. The van der Waals surface area contributed by atoms with Crippen LogP contribution in [0, 0.1) is 0 Å². The molecule has 0 bridgehead atoms. The molecule has 172 valence electrons. The molecule has 0 saturated carbocycles. The number of nitrogens with one attached hydrogen (secondary N) is 3. The number of aliphatic imine (C=N–C) groups is 1. The number of H-pyrrole nitrogens is 1. The molecule has 0 aliphatic carbocycles. The first-order chi connectivity index (χ1) is 15.7. The molecule has 3 N–H and O–H groups in total. The summed E-state index contributed by atoms with van der Waals surface area (Å²) in [6, 6.07) is 16.6. The Labute approximate surface area is 190 Å². The maximum Gasteiger partial charge on any atom is 0.191 e. The molecule has 0 unspecified atom stereocenters. The van der Waals surface area contributed by atoms with Gasteiger partial charge in [-0.15, -0.1) is 0 Å². The van der Waals surface area contributed by atoms with Gasteiger partial charge in [-0.05, 0) is 42.8 Å². The first-order valence-corrected chi connectivity index (χ1v) is 11.1. The third-order valence-electron chi connectivity index (χ3n) is 5.36. The first kappa shape index (κ1) is 23.6. The molecular weight excluding hydrogens is 402 g/mol. The van der Waals surface area contributed by atoms with Gasteiger partial charge in [0, 0.05) is 57.4 Å². The lowest BCUT2D eigenvalue weighted by Crippen LogP contribution is -2.37. The highest BCUT2D eigenvalue weighted by atomic mass is 16.5. The largest absolute Gasteiger partial charge is 0.492 e. The van der Waals surface area contributed by atoms with Crippen LogP contribution >= 0.6 is 0 Å². The van der Waals surface area contributed by atoms with Crippen LogP contribution in [0.2, 0.25) is 0 Å². The summed E-state index contributed by atoms with van der Waals surface area (Å²) in [5, 5.41) is 8.06. The van der Waals surface area contributed by atoms with Gasteiger partial charge in [0.2, 0.25) is 0 Å². The normalized spacial score (nSPS) is 11.8. The Hall–Kier alpha value is -3.03. The average molecular weight is 438 g/mol. The molecule has 3 aromatic rings. The van der Waals surface area contributed by atoms with Crippen molar-refractivity contribution in [3.05, 3.63) is 65.9 Å². The third-order valence-corrected chi connectivity index (χ3v) is 5.36. The van der Waals surface area contributed by atoms with Crippen LogP contribution in [0.5, 0.6) is 5.75 Å². The molecule has 0 atom stereocenters. The average Bonchev–Trinajstić information content (AvgIpc) is 3.23. The summed E-state index contributed by atoms with van der Waals surface area (Å²) in [5.41, 5.74) is 3.63. The zero-order chi connectivity index (χ0) is 22.6. The second-order valence-corrected chi connectivity index (χ2v) is 7.75. The van der Waals surface area contributed by atoms with E-state index in [4.69, 9.17) is 9.47 Å². The lowest BCUT2D eigenvalue weighted by Gasteiger charge is -2.16. The summed E-state index contributed by atoms with van der Waals surface area (Å²) in [5.74, 6) is 1.67. The lowest BCUT2D eigenvalue weighted by molar-refractivity contribution is 0.150. The van der Waals surface area contributed by atoms with Gasteiger partial charge in [0.25, 0.3) is 0 Å².